The number of carbonyl (C=O) groups excluding carboxylic acids is 2. The molecule has 25 heavy (non-hydrogen) atoms. The first-order valence-corrected chi connectivity index (χ1v) is 8.61. The third-order valence-corrected chi connectivity index (χ3v) is 4.17. The second-order valence-corrected chi connectivity index (χ2v) is 7.39. The van der Waals surface area contributed by atoms with Gasteiger partial charge in [0.25, 0.3) is 0 Å². The zero-order chi connectivity index (χ0) is 18.8. The van der Waals surface area contributed by atoms with Crippen LogP contribution in [-0.2, 0) is 15.9 Å². The summed E-state index contributed by atoms with van der Waals surface area (Å²) in [7, 11) is 1.39. The number of hydrogen-bond donors (Lipinski definition) is 1. The maximum atomic E-state index is 12.0. The molecule has 1 N–H and O–H groups in total. The molecule has 138 valence electrons. The summed E-state index contributed by atoms with van der Waals surface area (Å²) in [6.07, 6.45) is 0.535. The molecule has 1 saturated heterocycles. The minimum Gasteiger partial charge on any atom is -0.465 e. The molecule has 1 amide bonds. The van der Waals surface area contributed by atoms with Crippen molar-refractivity contribution in [3.8, 4) is 0 Å². The number of nitrogens with zero attached hydrogens (tertiary/aromatic N) is 1. The molecule has 1 aliphatic heterocycles. The van der Waals surface area contributed by atoms with Crippen molar-refractivity contribution >= 4 is 17.7 Å². The maximum absolute atomic E-state index is 12.0. The number of anilines is 1. The molecule has 1 aliphatic rings. The monoisotopic (exact) mass is 348 g/mol. The molecule has 0 unspecified atom stereocenters. The molecule has 0 atom stereocenters. The smallest absolute Gasteiger partial charge is 0.410 e. The van der Waals surface area contributed by atoms with Crippen molar-refractivity contribution in [2.24, 2.45) is 0 Å². The van der Waals surface area contributed by atoms with Crippen molar-refractivity contribution in [3.63, 3.8) is 0 Å². The van der Waals surface area contributed by atoms with Gasteiger partial charge in [0.1, 0.15) is 5.60 Å². The minimum absolute atomic E-state index is 0.142. The Morgan fingerprint density at radius 2 is 1.92 bits per heavy atom. The number of esters is 1. The van der Waals surface area contributed by atoms with Crippen LogP contribution in [0, 0.1) is 6.92 Å². The highest BCUT2D eigenvalue weighted by Crippen LogP contribution is 2.26. The highest BCUT2D eigenvalue weighted by atomic mass is 16.6. The van der Waals surface area contributed by atoms with Crippen LogP contribution in [0.4, 0.5) is 10.5 Å². The van der Waals surface area contributed by atoms with Crippen LogP contribution in [0.5, 0.6) is 0 Å². The zero-order valence-corrected chi connectivity index (χ0v) is 15.9. The van der Waals surface area contributed by atoms with Gasteiger partial charge in [-0.2, -0.15) is 0 Å². The van der Waals surface area contributed by atoms with E-state index in [1.807, 2.05) is 40.7 Å². The normalized spacial score (nSPS) is 14.7. The number of rotatable bonds is 4. The standard InChI is InChI=1S/C19H28N2O4/c1-7-13-8-15(17(22)24-6)12(2)16(9-13)20-14-10-21(11-14)18(23)25-19(3,4)5/h8-9,14,20H,7,10-11H2,1-6H3. The topological polar surface area (TPSA) is 67.9 Å². The Morgan fingerprint density at radius 3 is 2.44 bits per heavy atom. The van der Waals surface area contributed by atoms with E-state index in [2.05, 4.69) is 11.4 Å². The number of hydrogen-bond acceptors (Lipinski definition) is 5. The number of ether oxygens (including phenoxy) is 2. The minimum atomic E-state index is -0.489. The van der Waals surface area contributed by atoms with Crippen molar-refractivity contribution < 1.29 is 19.1 Å². The average molecular weight is 348 g/mol. The predicted octanol–water partition coefficient (Wildman–Crippen LogP) is 3.38. The molecule has 0 aromatic heterocycles. The van der Waals surface area contributed by atoms with Crippen LogP contribution in [-0.4, -0.2) is 48.8 Å². The maximum Gasteiger partial charge on any atom is 0.410 e. The lowest BCUT2D eigenvalue weighted by Crippen LogP contribution is -2.58. The molecule has 0 aliphatic carbocycles. The summed E-state index contributed by atoms with van der Waals surface area (Å²) < 4.78 is 10.2. The van der Waals surface area contributed by atoms with Gasteiger partial charge in [0, 0.05) is 18.8 Å². The van der Waals surface area contributed by atoms with Gasteiger partial charge in [0.15, 0.2) is 0 Å². The van der Waals surface area contributed by atoms with E-state index >= 15 is 0 Å². The highest BCUT2D eigenvalue weighted by molar-refractivity contribution is 5.93. The Bertz CT molecular complexity index is 658. The number of aryl methyl sites for hydroxylation is 1. The number of carbonyl (C=O) groups is 2. The van der Waals surface area contributed by atoms with Crippen LogP contribution in [0.1, 0.15) is 49.2 Å². The Hall–Kier alpha value is -2.24. The number of nitrogens with one attached hydrogen (secondary N) is 1. The molecule has 1 aromatic carbocycles. The fraction of sp³-hybridized carbons (Fsp3) is 0.579. The summed E-state index contributed by atoms with van der Waals surface area (Å²) in [6, 6.07) is 4.07. The largest absolute Gasteiger partial charge is 0.465 e. The molecule has 1 fully saturated rings. The van der Waals surface area contributed by atoms with E-state index < -0.39 is 5.60 Å². The van der Waals surface area contributed by atoms with Crippen LogP contribution in [0.25, 0.3) is 0 Å². The molecule has 1 heterocycles. The second kappa shape index (κ2) is 7.33. The molecular formula is C19H28N2O4. The molecule has 0 spiro atoms. The lowest BCUT2D eigenvalue weighted by Gasteiger charge is -2.40. The number of likely N-dealkylation sites (tertiary alicyclic amines) is 1. The summed E-state index contributed by atoms with van der Waals surface area (Å²) in [5.41, 5.74) is 2.93. The molecule has 1 aromatic rings. The van der Waals surface area contributed by atoms with E-state index in [4.69, 9.17) is 9.47 Å². The van der Waals surface area contributed by atoms with Gasteiger partial charge >= 0.3 is 12.1 Å². The Kier molecular flexibility index (Phi) is 5.60. The van der Waals surface area contributed by atoms with Crippen LogP contribution >= 0.6 is 0 Å². The Balaban J connectivity index is 2.05. The summed E-state index contributed by atoms with van der Waals surface area (Å²) in [5.74, 6) is -0.333. The molecule has 6 heteroatoms. The zero-order valence-electron chi connectivity index (χ0n) is 15.9. The third-order valence-electron chi connectivity index (χ3n) is 4.17. The van der Waals surface area contributed by atoms with Crippen molar-refractivity contribution in [2.75, 3.05) is 25.5 Å². The van der Waals surface area contributed by atoms with Crippen molar-refractivity contribution in [1.29, 1.82) is 0 Å². The van der Waals surface area contributed by atoms with E-state index in [0.29, 0.717) is 18.7 Å². The van der Waals surface area contributed by atoms with Gasteiger partial charge < -0.3 is 19.7 Å². The van der Waals surface area contributed by atoms with Crippen molar-refractivity contribution in [2.45, 2.75) is 52.7 Å². The van der Waals surface area contributed by atoms with Crippen LogP contribution in [0.3, 0.4) is 0 Å². The van der Waals surface area contributed by atoms with Crippen molar-refractivity contribution in [1.82, 2.24) is 4.90 Å². The van der Waals surface area contributed by atoms with Crippen LogP contribution in [0.15, 0.2) is 12.1 Å². The number of methoxy groups -OCH3 is 1. The molecular weight excluding hydrogens is 320 g/mol. The molecule has 2 rings (SSSR count). The van der Waals surface area contributed by atoms with Gasteiger partial charge in [-0.15, -0.1) is 0 Å². The van der Waals surface area contributed by atoms with E-state index in [-0.39, 0.29) is 18.1 Å². The van der Waals surface area contributed by atoms with Crippen molar-refractivity contribution in [3.05, 3.63) is 28.8 Å². The first-order valence-electron chi connectivity index (χ1n) is 8.61. The molecule has 6 nitrogen and oxygen atoms in total. The van der Waals surface area contributed by atoms with E-state index in [0.717, 1.165) is 23.2 Å². The summed E-state index contributed by atoms with van der Waals surface area (Å²) in [4.78, 5) is 25.7. The Labute approximate surface area is 149 Å². The Morgan fingerprint density at radius 1 is 1.28 bits per heavy atom. The van der Waals surface area contributed by atoms with Gasteiger partial charge in [0.2, 0.25) is 0 Å². The average Bonchev–Trinajstić information content (AvgIpc) is 2.49. The lowest BCUT2D eigenvalue weighted by atomic mass is 10.00. The highest BCUT2D eigenvalue weighted by Gasteiger charge is 2.34. The second-order valence-electron chi connectivity index (χ2n) is 7.39. The summed E-state index contributed by atoms with van der Waals surface area (Å²) >= 11 is 0. The molecule has 0 radical (unpaired) electrons. The van der Waals surface area contributed by atoms with E-state index in [1.165, 1.54) is 7.11 Å². The van der Waals surface area contributed by atoms with Gasteiger partial charge in [-0.05, 0) is 57.4 Å². The van der Waals surface area contributed by atoms with Gasteiger partial charge in [0.05, 0.1) is 18.7 Å². The quantitative estimate of drug-likeness (QED) is 0.845. The van der Waals surface area contributed by atoms with Crippen LogP contribution < -0.4 is 5.32 Å². The van der Waals surface area contributed by atoms with Gasteiger partial charge in [-0.1, -0.05) is 6.92 Å². The fourth-order valence-corrected chi connectivity index (χ4v) is 2.72. The molecule has 0 bridgehead atoms. The fourth-order valence-electron chi connectivity index (χ4n) is 2.72. The van der Waals surface area contributed by atoms with Gasteiger partial charge in [-0.3, -0.25) is 0 Å². The number of benzene rings is 1. The SMILES string of the molecule is CCc1cc(NC2CN(C(=O)OC(C)(C)C)C2)c(C)c(C(=O)OC)c1. The predicted molar refractivity (Wildman–Crippen MR) is 97.1 cm³/mol. The third kappa shape index (κ3) is 4.65. The lowest BCUT2D eigenvalue weighted by molar-refractivity contribution is 0.0105. The molecule has 0 saturated carbocycles. The van der Waals surface area contributed by atoms with Crippen LogP contribution in [0.2, 0.25) is 0 Å². The van der Waals surface area contributed by atoms with Gasteiger partial charge in [-0.25, -0.2) is 9.59 Å². The van der Waals surface area contributed by atoms with E-state index in [1.54, 1.807) is 4.90 Å². The van der Waals surface area contributed by atoms with E-state index in [9.17, 15) is 9.59 Å². The first kappa shape index (κ1) is 19.1. The number of amides is 1. The first-order chi connectivity index (χ1) is 11.6. The summed E-state index contributed by atoms with van der Waals surface area (Å²) in [5, 5.41) is 3.43. The summed E-state index contributed by atoms with van der Waals surface area (Å²) in [6.45, 7) is 10.7.